The summed E-state index contributed by atoms with van der Waals surface area (Å²) < 4.78 is 25.9. The van der Waals surface area contributed by atoms with Crippen molar-refractivity contribution in [1.82, 2.24) is 15.3 Å². The third kappa shape index (κ3) is 5.33. The van der Waals surface area contributed by atoms with Crippen molar-refractivity contribution < 1.29 is 23.4 Å². The van der Waals surface area contributed by atoms with Crippen LogP contribution in [0.25, 0.3) is 22.6 Å². The van der Waals surface area contributed by atoms with Gasteiger partial charge in [-0.3, -0.25) is 4.79 Å². The number of rotatable bonds is 10. The molecule has 0 fully saturated rings. The lowest BCUT2D eigenvalue weighted by Crippen LogP contribution is -2.19. The molecule has 0 bridgehead atoms. The first-order chi connectivity index (χ1) is 17.1. The molecular weight excluding hydrogens is 449 g/mol. The van der Waals surface area contributed by atoms with E-state index in [4.69, 9.17) is 14.3 Å². The summed E-state index contributed by atoms with van der Waals surface area (Å²) >= 11 is 0. The first kappa shape index (κ1) is 23.0. The van der Waals surface area contributed by atoms with E-state index < -0.39 is 11.8 Å². The van der Waals surface area contributed by atoms with Gasteiger partial charge >= 0.3 is 5.97 Å². The van der Waals surface area contributed by atoms with Gasteiger partial charge in [0.05, 0.1) is 24.9 Å². The van der Waals surface area contributed by atoms with Crippen LogP contribution < -0.4 is 10.1 Å². The first-order valence-corrected chi connectivity index (χ1v) is 11.8. The Bertz CT molecular complexity index is 1320. The number of hydrogen-bond donors (Lipinski definition) is 2. The van der Waals surface area contributed by atoms with Gasteiger partial charge in [-0.25, -0.2) is 14.4 Å². The molecule has 7 nitrogen and oxygen atoms in total. The number of aryl methyl sites for hydroxylation is 1. The van der Waals surface area contributed by atoms with Crippen LogP contribution in [0.3, 0.4) is 0 Å². The van der Waals surface area contributed by atoms with Crippen LogP contribution in [-0.4, -0.2) is 34.2 Å². The maximum absolute atomic E-state index is 14.2. The smallest absolute Gasteiger partial charge is 0.303 e. The topological polar surface area (TPSA) is 97.5 Å². The molecule has 4 aromatic rings. The Morgan fingerprint density at radius 2 is 2.11 bits per heavy atom. The van der Waals surface area contributed by atoms with Crippen molar-refractivity contribution in [2.45, 2.75) is 38.1 Å². The van der Waals surface area contributed by atoms with Crippen molar-refractivity contribution in [2.75, 3.05) is 13.2 Å². The number of carbonyl (C=O) groups is 1. The number of hydrogen-bond acceptors (Lipinski definition) is 6. The van der Waals surface area contributed by atoms with Crippen molar-refractivity contribution in [3.8, 4) is 17.3 Å². The Balaban J connectivity index is 1.10. The molecule has 0 saturated carbocycles. The Morgan fingerprint density at radius 1 is 1.23 bits per heavy atom. The van der Waals surface area contributed by atoms with Crippen molar-refractivity contribution in [3.05, 3.63) is 77.4 Å². The van der Waals surface area contributed by atoms with Crippen molar-refractivity contribution in [1.29, 1.82) is 0 Å². The van der Waals surface area contributed by atoms with Crippen LogP contribution in [0.1, 0.15) is 42.0 Å². The number of carboxylic acid groups (broad SMARTS) is 1. The maximum atomic E-state index is 14.2. The minimum absolute atomic E-state index is 0.0929. The molecule has 8 heteroatoms. The van der Waals surface area contributed by atoms with E-state index in [1.807, 2.05) is 48.5 Å². The molecule has 0 spiro atoms. The van der Waals surface area contributed by atoms with E-state index in [9.17, 15) is 9.18 Å². The predicted octanol–water partition coefficient (Wildman–Crippen LogP) is 5.09. The van der Waals surface area contributed by atoms with Crippen molar-refractivity contribution >= 4 is 16.9 Å². The molecule has 2 aromatic heterocycles. The summed E-state index contributed by atoms with van der Waals surface area (Å²) in [6.45, 7) is 1.42. The van der Waals surface area contributed by atoms with Gasteiger partial charge in [-0.2, -0.15) is 0 Å². The highest BCUT2D eigenvalue weighted by molar-refractivity contribution is 5.81. The highest BCUT2D eigenvalue weighted by atomic mass is 19.1. The van der Waals surface area contributed by atoms with Crippen LogP contribution in [-0.2, 0) is 17.8 Å². The van der Waals surface area contributed by atoms with E-state index in [-0.39, 0.29) is 24.6 Å². The lowest BCUT2D eigenvalue weighted by atomic mass is 9.98. The summed E-state index contributed by atoms with van der Waals surface area (Å²) in [6, 6.07) is 15.4. The van der Waals surface area contributed by atoms with Crippen LogP contribution in [0.15, 0.2) is 59.1 Å². The lowest BCUT2D eigenvalue weighted by molar-refractivity contribution is -0.137. The number of halogens is 1. The Labute approximate surface area is 202 Å². The zero-order valence-corrected chi connectivity index (χ0v) is 19.2. The summed E-state index contributed by atoms with van der Waals surface area (Å²) in [4.78, 5) is 19.5. The molecule has 0 unspecified atom stereocenters. The molecule has 0 amide bonds. The number of nitrogens with one attached hydrogen (secondary N) is 1. The SMILES string of the molecule is O=C(O)C[C@@H]1CCc2cc(OCCCNCc3nc(-c4cc5ccccc5o4)ncc3F)ccc21. The second kappa shape index (κ2) is 10.2. The molecule has 180 valence electrons. The van der Waals surface area contributed by atoms with Gasteiger partial charge in [0.1, 0.15) is 11.3 Å². The van der Waals surface area contributed by atoms with E-state index in [0.717, 1.165) is 41.5 Å². The monoisotopic (exact) mass is 475 g/mol. The predicted molar refractivity (Wildman–Crippen MR) is 129 cm³/mol. The fourth-order valence-corrected chi connectivity index (χ4v) is 4.53. The minimum Gasteiger partial charge on any atom is -0.494 e. The zero-order chi connectivity index (χ0) is 24.2. The van der Waals surface area contributed by atoms with E-state index in [1.165, 1.54) is 11.8 Å². The molecular formula is C27H26FN3O4. The lowest BCUT2D eigenvalue weighted by Gasteiger charge is -2.11. The highest BCUT2D eigenvalue weighted by Crippen LogP contribution is 2.37. The molecule has 2 heterocycles. The normalized spacial score (nSPS) is 14.8. The fraction of sp³-hybridized carbons (Fsp3) is 0.296. The van der Waals surface area contributed by atoms with Gasteiger partial charge in [0.15, 0.2) is 17.4 Å². The molecule has 2 aromatic carbocycles. The molecule has 35 heavy (non-hydrogen) atoms. The van der Waals surface area contributed by atoms with Crippen LogP contribution >= 0.6 is 0 Å². The summed E-state index contributed by atoms with van der Waals surface area (Å²) in [6.07, 6.45) is 3.83. The van der Waals surface area contributed by atoms with E-state index >= 15 is 0 Å². The number of nitrogens with zero attached hydrogens (tertiary/aromatic N) is 2. The largest absolute Gasteiger partial charge is 0.494 e. The second-order valence-corrected chi connectivity index (χ2v) is 8.71. The van der Waals surface area contributed by atoms with Gasteiger partial charge in [-0.05, 0) is 67.1 Å². The molecule has 0 aliphatic heterocycles. The van der Waals surface area contributed by atoms with Gasteiger partial charge < -0.3 is 19.6 Å². The van der Waals surface area contributed by atoms with Gasteiger partial charge in [0.2, 0.25) is 0 Å². The van der Waals surface area contributed by atoms with Crippen LogP contribution in [0.4, 0.5) is 4.39 Å². The molecule has 1 aliphatic rings. The fourth-order valence-electron chi connectivity index (χ4n) is 4.53. The third-order valence-corrected chi connectivity index (χ3v) is 6.26. The molecule has 2 N–H and O–H groups in total. The average molecular weight is 476 g/mol. The number of aliphatic carboxylic acids is 1. The van der Waals surface area contributed by atoms with Crippen molar-refractivity contribution in [2.24, 2.45) is 0 Å². The Morgan fingerprint density at radius 3 is 2.97 bits per heavy atom. The number of furan rings is 1. The Kier molecular flexibility index (Phi) is 6.72. The quantitative estimate of drug-likeness (QED) is 0.308. The molecule has 0 radical (unpaired) electrons. The number of fused-ring (bicyclic) bond motifs is 2. The summed E-state index contributed by atoms with van der Waals surface area (Å²) in [5.41, 5.74) is 3.31. The first-order valence-electron chi connectivity index (χ1n) is 11.8. The summed E-state index contributed by atoms with van der Waals surface area (Å²) in [7, 11) is 0. The van der Waals surface area contributed by atoms with Crippen LogP contribution in [0.2, 0.25) is 0 Å². The van der Waals surface area contributed by atoms with Gasteiger partial charge in [-0.15, -0.1) is 0 Å². The Hall–Kier alpha value is -3.78. The minimum atomic E-state index is -0.761. The third-order valence-electron chi connectivity index (χ3n) is 6.26. The van der Waals surface area contributed by atoms with E-state index in [2.05, 4.69) is 15.3 Å². The van der Waals surface area contributed by atoms with Gasteiger partial charge in [0.25, 0.3) is 0 Å². The second-order valence-electron chi connectivity index (χ2n) is 8.71. The number of carboxylic acids is 1. The van der Waals surface area contributed by atoms with Gasteiger partial charge in [-0.1, -0.05) is 24.3 Å². The van der Waals surface area contributed by atoms with E-state index in [1.54, 1.807) is 0 Å². The zero-order valence-electron chi connectivity index (χ0n) is 19.2. The number of benzene rings is 2. The molecule has 5 rings (SSSR count). The standard InChI is InChI=1S/C27H26FN3O4/c28-22-15-30-27(25-13-19-4-1-2-5-24(19)35-25)31-23(22)16-29-10-3-11-34-20-8-9-21-17(12-20)6-7-18(21)14-26(32)33/h1-2,4-5,8-9,12-13,15,18,29H,3,6-7,10-11,14,16H2,(H,32,33)/t18-/m0/s1. The average Bonchev–Trinajstić information content (AvgIpc) is 3.46. The van der Waals surface area contributed by atoms with Crippen LogP contribution in [0.5, 0.6) is 5.75 Å². The molecule has 0 saturated heterocycles. The number of para-hydroxylation sites is 1. The van der Waals surface area contributed by atoms with E-state index in [0.29, 0.717) is 24.7 Å². The molecule has 1 aliphatic carbocycles. The highest BCUT2D eigenvalue weighted by Gasteiger charge is 2.24. The number of ether oxygens (including phenoxy) is 1. The van der Waals surface area contributed by atoms with Gasteiger partial charge in [0, 0.05) is 11.9 Å². The summed E-state index contributed by atoms with van der Waals surface area (Å²) in [5, 5.41) is 13.2. The number of aromatic nitrogens is 2. The van der Waals surface area contributed by atoms with Crippen LogP contribution in [0, 0.1) is 5.82 Å². The molecule has 1 atom stereocenters. The van der Waals surface area contributed by atoms with Crippen molar-refractivity contribution in [3.63, 3.8) is 0 Å². The summed E-state index contributed by atoms with van der Waals surface area (Å²) in [5.74, 6) is 0.512. The maximum Gasteiger partial charge on any atom is 0.303 e.